The summed E-state index contributed by atoms with van der Waals surface area (Å²) in [5.41, 5.74) is 0.0753. The Morgan fingerprint density at radius 2 is 1.81 bits per heavy atom. The van der Waals surface area contributed by atoms with Gasteiger partial charge in [-0.25, -0.2) is 9.67 Å². The third-order valence-corrected chi connectivity index (χ3v) is 5.00. The first-order chi connectivity index (χ1) is 12.6. The molecule has 0 saturated carbocycles. The normalized spacial score (nSPS) is 11.1. The van der Waals surface area contributed by atoms with Crippen molar-refractivity contribution in [3.63, 3.8) is 0 Å². The average molecular weight is 366 g/mol. The van der Waals surface area contributed by atoms with Crippen molar-refractivity contribution in [1.29, 1.82) is 0 Å². The van der Waals surface area contributed by atoms with Crippen molar-refractivity contribution in [3.8, 4) is 0 Å². The number of rotatable bonds is 4. The molecule has 0 unspecified atom stereocenters. The molecule has 2 aromatic heterocycles. The van der Waals surface area contributed by atoms with Crippen molar-refractivity contribution < 1.29 is 4.79 Å². The van der Waals surface area contributed by atoms with Gasteiger partial charge in [0, 0.05) is 0 Å². The van der Waals surface area contributed by atoms with Crippen molar-refractivity contribution in [3.05, 3.63) is 74.2 Å². The van der Waals surface area contributed by atoms with Gasteiger partial charge in [-0.15, -0.1) is 11.3 Å². The summed E-state index contributed by atoms with van der Waals surface area (Å²) >= 11 is 1.50. The van der Waals surface area contributed by atoms with Gasteiger partial charge in [0.15, 0.2) is 0 Å². The van der Waals surface area contributed by atoms with Crippen LogP contribution in [0.5, 0.6) is 0 Å². The lowest BCUT2D eigenvalue weighted by atomic mass is 10.2. The predicted octanol–water partition coefficient (Wildman–Crippen LogP) is 1.62. The summed E-state index contributed by atoms with van der Waals surface area (Å²) < 4.78 is 2.07. The maximum absolute atomic E-state index is 12.4. The minimum atomic E-state index is -0.407. The number of nitrogens with zero attached hydrogens (tertiary/aromatic N) is 2. The number of fused-ring (bicyclic) bond motifs is 2. The quantitative estimate of drug-likeness (QED) is 0.573. The lowest BCUT2D eigenvalue weighted by molar-refractivity contribution is -0.122. The number of para-hydroxylation sites is 1. The Kier molecular flexibility index (Phi) is 4.10. The fourth-order valence-electron chi connectivity index (χ4n) is 2.73. The van der Waals surface area contributed by atoms with Crippen LogP contribution in [0, 0.1) is 0 Å². The number of thiazole rings is 1. The van der Waals surface area contributed by atoms with Crippen LogP contribution in [0.3, 0.4) is 0 Å². The van der Waals surface area contributed by atoms with Crippen LogP contribution in [0.25, 0.3) is 21.0 Å². The van der Waals surface area contributed by atoms with E-state index in [1.165, 1.54) is 11.3 Å². The van der Waals surface area contributed by atoms with E-state index in [-0.39, 0.29) is 24.4 Å². The van der Waals surface area contributed by atoms with Gasteiger partial charge in [0.25, 0.3) is 11.1 Å². The lowest BCUT2D eigenvalue weighted by Gasteiger charge is -2.07. The smallest absolute Gasteiger partial charge is 0.273 e. The molecule has 4 rings (SSSR count). The zero-order valence-electron chi connectivity index (χ0n) is 13.6. The van der Waals surface area contributed by atoms with Crippen LogP contribution in [0.1, 0.15) is 5.01 Å². The van der Waals surface area contributed by atoms with Crippen LogP contribution >= 0.6 is 11.3 Å². The molecular weight excluding hydrogens is 352 g/mol. The van der Waals surface area contributed by atoms with Crippen LogP contribution in [-0.4, -0.2) is 20.7 Å². The molecule has 0 bridgehead atoms. The SMILES string of the molecule is O=C(Cn1[nH]c(=O)c2ccccc2c1=O)NCc1nc2ccccc2s1. The molecule has 2 aromatic carbocycles. The van der Waals surface area contributed by atoms with Gasteiger partial charge in [-0.2, -0.15) is 0 Å². The standard InChI is InChI=1S/C18H14N4O3S/c23-15(19-9-16-20-13-7-3-4-8-14(13)26-16)10-22-18(25)12-6-2-1-5-11(12)17(24)21-22/h1-8H,9-10H2,(H,19,23)(H,21,24). The largest absolute Gasteiger partial charge is 0.348 e. The maximum atomic E-state index is 12.4. The van der Waals surface area contributed by atoms with Crippen LogP contribution in [0.4, 0.5) is 0 Å². The van der Waals surface area contributed by atoms with E-state index in [0.717, 1.165) is 19.9 Å². The van der Waals surface area contributed by atoms with Gasteiger partial charge in [0.2, 0.25) is 5.91 Å². The summed E-state index contributed by atoms with van der Waals surface area (Å²) in [6, 6.07) is 14.2. The Morgan fingerprint density at radius 3 is 2.62 bits per heavy atom. The fourth-order valence-corrected chi connectivity index (χ4v) is 3.63. The van der Waals surface area contributed by atoms with E-state index in [1.54, 1.807) is 24.3 Å². The highest BCUT2D eigenvalue weighted by molar-refractivity contribution is 7.18. The number of aromatic amines is 1. The summed E-state index contributed by atoms with van der Waals surface area (Å²) in [5, 5.41) is 6.55. The van der Waals surface area contributed by atoms with E-state index in [9.17, 15) is 14.4 Å². The first-order valence-electron chi connectivity index (χ1n) is 7.95. The molecule has 2 N–H and O–H groups in total. The first kappa shape index (κ1) is 16.2. The molecule has 1 amide bonds. The van der Waals surface area contributed by atoms with Crippen molar-refractivity contribution in [1.82, 2.24) is 20.1 Å². The highest BCUT2D eigenvalue weighted by Gasteiger charge is 2.11. The number of H-pyrrole nitrogens is 1. The van der Waals surface area contributed by atoms with E-state index in [4.69, 9.17) is 0 Å². The number of benzene rings is 2. The third kappa shape index (κ3) is 3.02. The maximum Gasteiger partial charge on any atom is 0.273 e. The zero-order chi connectivity index (χ0) is 18.1. The molecule has 0 aliphatic heterocycles. The van der Waals surface area contributed by atoms with Crippen LogP contribution in [0.2, 0.25) is 0 Å². The number of nitrogens with one attached hydrogen (secondary N) is 2. The highest BCUT2D eigenvalue weighted by Crippen LogP contribution is 2.21. The Balaban J connectivity index is 1.51. The van der Waals surface area contributed by atoms with Crippen molar-refractivity contribution in [2.75, 3.05) is 0 Å². The summed E-state index contributed by atoms with van der Waals surface area (Å²) in [7, 11) is 0. The average Bonchev–Trinajstić information content (AvgIpc) is 3.07. The number of hydrogen-bond donors (Lipinski definition) is 2. The molecule has 0 saturated heterocycles. The molecule has 130 valence electrons. The Morgan fingerprint density at radius 1 is 1.08 bits per heavy atom. The molecule has 0 fully saturated rings. The van der Waals surface area contributed by atoms with Gasteiger partial charge in [-0.1, -0.05) is 24.3 Å². The second kappa shape index (κ2) is 6.57. The van der Waals surface area contributed by atoms with E-state index in [1.807, 2.05) is 24.3 Å². The number of carbonyl (C=O) groups is 1. The van der Waals surface area contributed by atoms with Crippen LogP contribution in [-0.2, 0) is 17.9 Å². The van der Waals surface area contributed by atoms with Gasteiger partial charge in [-0.3, -0.25) is 19.5 Å². The zero-order valence-corrected chi connectivity index (χ0v) is 14.4. The highest BCUT2D eigenvalue weighted by atomic mass is 32.1. The summed E-state index contributed by atoms with van der Waals surface area (Å²) in [6.45, 7) is 0.00848. The molecule has 0 spiro atoms. The van der Waals surface area contributed by atoms with Gasteiger partial charge in [-0.05, 0) is 24.3 Å². The molecule has 26 heavy (non-hydrogen) atoms. The minimum absolute atomic E-state index is 0.260. The summed E-state index contributed by atoms with van der Waals surface area (Å²) in [6.07, 6.45) is 0. The predicted molar refractivity (Wildman–Crippen MR) is 100 cm³/mol. The molecule has 7 nitrogen and oxygen atoms in total. The van der Waals surface area contributed by atoms with E-state index >= 15 is 0 Å². The molecule has 0 aliphatic carbocycles. The van der Waals surface area contributed by atoms with E-state index in [2.05, 4.69) is 15.4 Å². The molecule has 2 heterocycles. The molecule has 4 aromatic rings. The van der Waals surface area contributed by atoms with Gasteiger partial charge < -0.3 is 5.32 Å². The third-order valence-electron chi connectivity index (χ3n) is 3.96. The number of hydrogen-bond acceptors (Lipinski definition) is 5. The van der Waals surface area contributed by atoms with Gasteiger partial charge in [0.05, 0.1) is 27.5 Å². The number of carbonyl (C=O) groups excluding carboxylic acids is 1. The van der Waals surface area contributed by atoms with Crippen molar-refractivity contribution >= 4 is 38.2 Å². The summed E-state index contributed by atoms with van der Waals surface area (Å²) in [4.78, 5) is 41.1. The minimum Gasteiger partial charge on any atom is -0.348 e. The van der Waals surface area contributed by atoms with Crippen molar-refractivity contribution in [2.45, 2.75) is 13.1 Å². The molecule has 8 heteroatoms. The number of amides is 1. The first-order valence-corrected chi connectivity index (χ1v) is 8.76. The Bertz CT molecular complexity index is 1210. The topological polar surface area (TPSA) is 96.9 Å². The van der Waals surface area contributed by atoms with Crippen molar-refractivity contribution in [2.24, 2.45) is 0 Å². The second-order valence-electron chi connectivity index (χ2n) is 5.73. The second-order valence-corrected chi connectivity index (χ2v) is 6.85. The van der Waals surface area contributed by atoms with Gasteiger partial charge >= 0.3 is 0 Å². The fraction of sp³-hybridized carbons (Fsp3) is 0.111. The van der Waals surface area contributed by atoms with Crippen LogP contribution in [0.15, 0.2) is 58.1 Å². The Labute approximate surface area is 150 Å². The lowest BCUT2D eigenvalue weighted by Crippen LogP contribution is -2.36. The monoisotopic (exact) mass is 366 g/mol. The molecular formula is C18H14N4O3S. The van der Waals surface area contributed by atoms with Gasteiger partial charge in [0.1, 0.15) is 11.6 Å². The number of aromatic nitrogens is 3. The molecule has 0 aliphatic rings. The Hall–Kier alpha value is -3.26. The van der Waals surface area contributed by atoms with E-state index in [0.29, 0.717) is 5.39 Å². The summed E-state index contributed by atoms with van der Waals surface area (Å²) in [5.74, 6) is -0.378. The van der Waals surface area contributed by atoms with E-state index < -0.39 is 11.1 Å². The van der Waals surface area contributed by atoms with Crippen LogP contribution < -0.4 is 16.4 Å². The molecule has 0 radical (unpaired) electrons. The molecule has 0 atom stereocenters.